The zero-order chi connectivity index (χ0) is 15.3. The molecule has 0 spiro atoms. The predicted molar refractivity (Wildman–Crippen MR) is 81.5 cm³/mol. The van der Waals surface area contributed by atoms with Gasteiger partial charge in [-0.15, -0.1) is 0 Å². The van der Waals surface area contributed by atoms with E-state index in [1.165, 1.54) is 11.1 Å². The lowest BCUT2D eigenvalue weighted by molar-refractivity contribution is 0.235. The maximum atomic E-state index is 11.8. The summed E-state index contributed by atoms with van der Waals surface area (Å²) in [6.45, 7) is 0.445. The maximum Gasteiger partial charge on any atom is 0.315 e. The minimum absolute atomic E-state index is 0.0258. The van der Waals surface area contributed by atoms with Gasteiger partial charge in [-0.2, -0.15) is 0 Å². The third-order valence-electron chi connectivity index (χ3n) is 3.45. The molecule has 1 aromatic rings. The third kappa shape index (κ3) is 5.02. The molecule has 1 atom stereocenters. The highest BCUT2D eigenvalue weighted by Gasteiger charge is 2.20. The first-order chi connectivity index (χ1) is 9.96. The summed E-state index contributed by atoms with van der Waals surface area (Å²) >= 11 is 0. The van der Waals surface area contributed by atoms with Crippen LogP contribution in [0.3, 0.4) is 0 Å². The van der Waals surface area contributed by atoms with E-state index in [9.17, 15) is 13.2 Å². The van der Waals surface area contributed by atoms with Crippen LogP contribution in [0.15, 0.2) is 24.3 Å². The van der Waals surface area contributed by atoms with Crippen molar-refractivity contribution in [3.05, 3.63) is 35.4 Å². The second-order valence-electron chi connectivity index (χ2n) is 5.21. The Morgan fingerprint density at radius 3 is 2.81 bits per heavy atom. The highest BCUT2D eigenvalue weighted by atomic mass is 32.2. The van der Waals surface area contributed by atoms with Gasteiger partial charge in [0.15, 0.2) is 0 Å². The van der Waals surface area contributed by atoms with Crippen LogP contribution in [0.4, 0.5) is 4.79 Å². The summed E-state index contributed by atoms with van der Waals surface area (Å²) in [5.41, 5.74) is 2.46. The van der Waals surface area contributed by atoms with Crippen LogP contribution in [0.1, 0.15) is 30.0 Å². The fourth-order valence-electron chi connectivity index (χ4n) is 2.53. The lowest BCUT2D eigenvalue weighted by Gasteiger charge is -2.26. The number of urea groups is 1. The Labute approximate surface area is 125 Å². The smallest absolute Gasteiger partial charge is 0.315 e. The van der Waals surface area contributed by atoms with E-state index in [0.717, 1.165) is 25.5 Å². The minimum Gasteiger partial charge on any atom is -0.337 e. The van der Waals surface area contributed by atoms with E-state index in [4.69, 9.17) is 0 Å². The van der Waals surface area contributed by atoms with Crippen molar-refractivity contribution in [2.24, 2.45) is 0 Å². The molecule has 21 heavy (non-hydrogen) atoms. The van der Waals surface area contributed by atoms with Crippen LogP contribution in [0.5, 0.6) is 0 Å². The number of hydrogen-bond acceptors (Lipinski definition) is 3. The Hall–Kier alpha value is -1.60. The van der Waals surface area contributed by atoms with E-state index in [-0.39, 0.29) is 25.2 Å². The summed E-state index contributed by atoms with van der Waals surface area (Å²) in [7, 11) is -3.21. The van der Waals surface area contributed by atoms with Gasteiger partial charge in [0.05, 0.1) is 12.3 Å². The largest absolute Gasteiger partial charge is 0.337 e. The SMILES string of the molecule is CS(=O)(=O)NCCNC(=O)NC1CCCc2ccccc21. The summed E-state index contributed by atoms with van der Waals surface area (Å²) < 4.78 is 24.1. The van der Waals surface area contributed by atoms with Gasteiger partial charge in [0.2, 0.25) is 10.0 Å². The van der Waals surface area contributed by atoms with Crippen LogP contribution in [-0.2, 0) is 16.4 Å². The molecule has 3 N–H and O–H groups in total. The third-order valence-corrected chi connectivity index (χ3v) is 4.18. The number of carbonyl (C=O) groups is 1. The molecular weight excluding hydrogens is 290 g/mol. The molecule has 0 radical (unpaired) electrons. The Morgan fingerprint density at radius 1 is 1.29 bits per heavy atom. The Kier molecular flexibility index (Phi) is 5.19. The molecule has 0 saturated carbocycles. The van der Waals surface area contributed by atoms with Gasteiger partial charge >= 0.3 is 6.03 Å². The fourth-order valence-corrected chi connectivity index (χ4v) is 3.00. The quantitative estimate of drug-likeness (QED) is 0.706. The van der Waals surface area contributed by atoms with E-state index >= 15 is 0 Å². The highest BCUT2D eigenvalue weighted by molar-refractivity contribution is 7.88. The Bertz CT molecular complexity index is 601. The van der Waals surface area contributed by atoms with Crippen molar-refractivity contribution in [3.63, 3.8) is 0 Å². The van der Waals surface area contributed by atoms with Gasteiger partial charge < -0.3 is 10.6 Å². The van der Waals surface area contributed by atoms with Crippen molar-refractivity contribution in [3.8, 4) is 0 Å². The van der Waals surface area contributed by atoms with Gasteiger partial charge in [-0.1, -0.05) is 24.3 Å². The van der Waals surface area contributed by atoms with Crippen LogP contribution in [-0.4, -0.2) is 33.8 Å². The molecule has 1 aliphatic carbocycles. The number of benzene rings is 1. The second-order valence-corrected chi connectivity index (χ2v) is 7.04. The molecule has 1 aromatic carbocycles. The van der Waals surface area contributed by atoms with Gasteiger partial charge in [-0.25, -0.2) is 17.9 Å². The standard InChI is InChI=1S/C14H21N3O3S/c1-21(19,20)16-10-9-15-14(18)17-13-8-4-6-11-5-2-3-7-12(11)13/h2-3,5,7,13,16H,4,6,8-10H2,1H3,(H2,15,17,18). The average molecular weight is 311 g/mol. The van der Waals surface area contributed by atoms with Crippen molar-refractivity contribution in [2.45, 2.75) is 25.3 Å². The summed E-state index contributed by atoms with van der Waals surface area (Å²) in [4.78, 5) is 11.8. The predicted octanol–water partition coefficient (Wildman–Crippen LogP) is 0.912. The van der Waals surface area contributed by atoms with Crippen molar-refractivity contribution < 1.29 is 13.2 Å². The van der Waals surface area contributed by atoms with Gasteiger partial charge in [-0.05, 0) is 30.4 Å². The molecule has 116 valence electrons. The number of amides is 2. The number of carbonyl (C=O) groups excluding carboxylic acids is 1. The van der Waals surface area contributed by atoms with Crippen molar-refractivity contribution in [2.75, 3.05) is 19.3 Å². The molecule has 1 unspecified atom stereocenters. The summed E-state index contributed by atoms with van der Waals surface area (Å²) in [6.07, 6.45) is 4.11. The monoisotopic (exact) mass is 311 g/mol. The number of hydrogen-bond donors (Lipinski definition) is 3. The Balaban J connectivity index is 1.81. The molecule has 0 fully saturated rings. The first-order valence-corrected chi connectivity index (χ1v) is 8.91. The molecule has 0 bridgehead atoms. The minimum atomic E-state index is -3.21. The molecule has 2 rings (SSSR count). The van der Waals surface area contributed by atoms with Crippen molar-refractivity contribution in [1.82, 2.24) is 15.4 Å². The first-order valence-electron chi connectivity index (χ1n) is 7.02. The van der Waals surface area contributed by atoms with Gasteiger partial charge in [0.25, 0.3) is 0 Å². The normalized spacial score (nSPS) is 17.9. The van der Waals surface area contributed by atoms with Crippen LogP contribution in [0.2, 0.25) is 0 Å². The summed E-state index contributed by atoms with van der Waals surface area (Å²) in [6, 6.07) is 7.89. The van der Waals surface area contributed by atoms with Gasteiger partial charge in [0.1, 0.15) is 0 Å². The van der Waals surface area contributed by atoms with Crippen LogP contribution >= 0.6 is 0 Å². The number of rotatable bonds is 5. The topological polar surface area (TPSA) is 87.3 Å². The zero-order valence-corrected chi connectivity index (χ0v) is 12.9. The summed E-state index contributed by atoms with van der Waals surface area (Å²) in [5.74, 6) is 0. The number of aryl methyl sites for hydroxylation is 1. The molecule has 0 saturated heterocycles. The van der Waals surface area contributed by atoms with E-state index in [1.807, 2.05) is 18.2 Å². The van der Waals surface area contributed by atoms with Crippen LogP contribution in [0.25, 0.3) is 0 Å². The van der Waals surface area contributed by atoms with Crippen molar-refractivity contribution in [1.29, 1.82) is 0 Å². The molecule has 1 aliphatic rings. The summed E-state index contributed by atoms with van der Waals surface area (Å²) in [5, 5.41) is 5.60. The van der Waals surface area contributed by atoms with E-state index in [0.29, 0.717) is 0 Å². The second kappa shape index (κ2) is 6.91. The molecule has 0 aromatic heterocycles. The van der Waals surface area contributed by atoms with Crippen molar-refractivity contribution >= 4 is 16.1 Å². The van der Waals surface area contributed by atoms with Crippen LogP contribution in [0, 0.1) is 0 Å². The number of fused-ring (bicyclic) bond motifs is 1. The number of nitrogens with one attached hydrogen (secondary N) is 3. The molecule has 7 heteroatoms. The molecule has 0 aliphatic heterocycles. The van der Waals surface area contributed by atoms with E-state index in [2.05, 4.69) is 21.4 Å². The average Bonchev–Trinajstić information content (AvgIpc) is 2.43. The Morgan fingerprint density at radius 2 is 2.05 bits per heavy atom. The highest BCUT2D eigenvalue weighted by Crippen LogP contribution is 2.29. The first kappa shape index (κ1) is 15.8. The molecule has 0 heterocycles. The molecule has 2 amide bonds. The molecule has 6 nitrogen and oxygen atoms in total. The van der Waals surface area contributed by atoms with Crippen LogP contribution < -0.4 is 15.4 Å². The maximum absolute atomic E-state index is 11.8. The lowest BCUT2D eigenvalue weighted by Crippen LogP contribution is -2.42. The molecular formula is C14H21N3O3S. The fraction of sp³-hybridized carbons (Fsp3) is 0.500. The van der Waals surface area contributed by atoms with E-state index in [1.54, 1.807) is 0 Å². The van der Waals surface area contributed by atoms with Gasteiger partial charge in [0, 0.05) is 13.1 Å². The van der Waals surface area contributed by atoms with Gasteiger partial charge in [-0.3, -0.25) is 0 Å². The lowest BCUT2D eigenvalue weighted by atomic mass is 9.88. The zero-order valence-electron chi connectivity index (χ0n) is 12.1. The number of sulfonamides is 1. The van der Waals surface area contributed by atoms with E-state index < -0.39 is 10.0 Å².